The number of aryl methyl sites for hydroxylation is 1. The number of thiocarbonyl (C=S) groups is 1. The fraction of sp³-hybridized carbons (Fsp3) is 0.125. The number of nitrogens with zero attached hydrogens (tertiary/aromatic N) is 2. The minimum atomic E-state index is -4.39. The fourth-order valence-electron chi connectivity index (χ4n) is 2.51. The Labute approximate surface area is 155 Å². The first kappa shape index (κ1) is 18.3. The van der Waals surface area contributed by atoms with Gasteiger partial charge in [0.15, 0.2) is 5.11 Å². The molecule has 0 amide bonds. The van der Waals surface area contributed by atoms with Crippen molar-refractivity contribution in [1.82, 2.24) is 9.55 Å². The number of aromatic nitrogens is 2. The summed E-state index contributed by atoms with van der Waals surface area (Å²) in [6, 6.07) is 9.76. The van der Waals surface area contributed by atoms with Crippen molar-refractivity contribution in [3.63, 3.8) is 0 Å². The van der Waals surface area contributed by atoms with E-state index in [1.807, 2.05) is 29.8 Å². The summed E-state index contributed by atoms with van der Waals surface area (Å²) in [6.45, 7) is 0. The highest BCUT2D eigenvalue weighted by Gasteiger charge is 2.19. The third-order valence-electron chi connectivity index (χ3n) is 3.77. The number of hydrogen-bond donors (Lipinski definition) is 4. The van der Waals surface area contributed by atoms with Crippen molar-refractivity contribution in [2.24, 2.45) is 7.05 Å². The smallest absolute Gasteiger partial charge is 0.356 e. The number of fused-ring (bicyclic) bond motifs is 1. The molecule has 3 rings (SSSR count). The molecule has 10 heteroatoms. The average Bonchev–Trinajstić information content (AvgIpc) is 2.96. The summed E-state index contributed by atoms with van der Waals surface area (Å²) in [5.74, 6) is 0.405. The molecule has 8 nitrogen and oxygen atoms in total. The Bertz CT molecular complexity index is 1030. The Kier molecular flexibility index (Phi) is 4.97. The molecular formula is C16H17N4O4PS. The Morgan fingerprint density at radius 2 is 1.96 bits per heavy atom. The molecule has 26 heavy (non-hydrogen) atoms. The van der Waals surface area contributed by atoms with Gasteiger partial charge in [-0.25, -0.2) is 4.98 Å². The van der Waals surface area contributed by atoms with E-state index in [2.05, 4.69) is 15.6 Å². The number of hydrogen-bond acceptors (Lipinski definition) is 4. The van der Waals surface area contributed by atoms with Crippen LogP contribution in [-0.4, -0.2) is 31.6 Å². The summed E-state index contributed by atoms with van der Waals surface area (Å²) in [4.78, 5) is 23.0. The lowest BCUT2D eigenvalue weighted by molar-refractivity contribution is 0.387. The van der Waals surface area contributed by atoms with E-state index >= 15 is 0 Å². The third-order valence-corrected chi connectivity index (χ3v) is 4.93. The van der Waals surface area contributed by atoms with Gasteiger partial charge in [-0.3, -0.25) is 4.57 Å². The van der Waals surface area contributed by atoms with Crippen molar-refractivity contribution in [3.05, 3.63) is 42.7 Å². The number of rotatable bonds is 4. The average molecular weight is 392 g/mol. The number of methoxy groups -OCH3 is 1. The van der Waals surface area contributed by atoms with Crippen molar-refractivity contribution < 1.29 is 19.1 Å². The van der Waals surface area contributed by atoms with Gasteiger partial charge < -0.3 is 29.7 Å². The van der Waals surface area contributed by atoms with Crippen molar-refractivity contribution in [2.75, 3.05) is 17.7 Å². The Morgan fingerprint density at radius 1 is 1.23 bits per heavy atom. The van der Waals surface area contributed by atoms with Crippen LogP contribution in [0.4, 0.5) is 11.4 Å². The van der Waals surface area contributed by atoms with E-state index in [0.717, 1.165) is 11.0 Å². The predicted molar refractivity (Wildman–Crippen MR) is 105 cm³/mol. The fourth-order valence-corrected chi connectivity index (χ4v) is 3.30. The topological polar surface area (TPSA) is 109 Å². The molecule has 3 aromatic rings. The van der Waals surface area contributed by atoms with Crippen molar-refractivity contribution in [3.8, 4) is 5.75 Å². The van der Waals surface area contributed by atoms with E-state index in [-0.39, 0.29) is 10.4 Å². The zero-order chi connectivity index (χ0) is 18.9. The largest absolute Gasteiger partial charge is 0.495 e. The summed E-state index contributed by atoms with van der Waals surface area (Å²) in [7, 11) is -1.03. The highest BCUT2D eigenvalue weighted by atomic mass is 32.1. The summed E-state index contributed by atoms with van der Waals surface area (Å²) >= 11 is 5.33. The number of nitrogens with one attached hydrogen (secondary N) is 2. The van der Waals surface area contributed by atoms with Crippen LogP contribution in [0, 0.1) is 0 Å². The maximum atomic E-state index is 11.5. The van der Waals surface area contributed by atoms with Gasteiger partial charge in [0.1, 0.15) is 11.3 Å². The second-order valence-electron chi connectivity index (χ2n) is 5.54. The third kappa shape index (κ3) is 3.71. The maximum absolute atomic E-state index is 11.5. The molecule has 0 spiro atoms. The first-order valence-corrected chi connectivity index (χ1v) is 9.54. The molecule has 0 fully saturated rings. The van der Waals surface area contributed by atoms with Gasteiger partial charge in [0.05, 0.1) is 35.6 Å². The van der Waals surface area contributed by atoms with Gasteiger partial charge in [0, 0.05) is 7.05 Å². The zero-order valence-corrected chi connectivity index (χ0v) is 15.7. The molecular weight excluding hydrogens is 375 g/mol. The second kappa shape index (κ2) is 7.05. The molecule has 0 radical (unpaired) electrons. The van der Waals surface area contributed by atoms with E-state index in [0.29, 0.717) is 17.1 Å². The number of para-hydroxylation sites is 1. The normalized spacial score (nSPS) is 11.4. The molecule has 0 bridgehead atoms. The van der Waals surface area contributed by atoms with Crippen LogP contribution in [0.1, 0.15) is 0 Å². The molecule has 1 aromatic heterocycles. The lowest BCUT2D eigenvalue weighted by Gasteiger charge is -2.15. The van der Waals surface area contributed by atoms with Crippen LogP contribution in [0.3, 0.4) is 0 Å². The van der Waals surface area contributed by atoms with E-state index in [1.54, 1.807) is 6.33 Å². The Balaban J connectivity index is 1.86. The highest BCUT2D eigenvalue weighted by molar-refractivity contribution is 7.80. The number of ether oxygens (including phenoxy) is 1. The van der Waals surface area contributed by atoms with Crippen molar-refractivity contribution >= 4 is 52.6 Å². The predicted octanol–water partition coefficient (Wildman–Crippen LogP) is 2.19. The Morgan fingerprint density at radius 3 is 2.65 bits per heavy atom. The molecule has 1 heterocycles. The lowest BCUT2D eigenvalue weighted by atomic mass is 10.2. The van der Waals surface area contributed by atoms with Crippen LogP contribution in [0.5, 0.6) is 5.75 Å². The van der Waals surface area contributed by atoms with Crippen molar-refractivity contribution in [1.29, 1.82) is 0 Å². The maximum Gasteiger partial charge on any atom is 0.356 e. The monoisotopic (exact) mass is 392 g/mol. The molecule has 0 saturated carbocycles. The van der Waals surface area contributed by atoms with E-state index < -0.39 is 7.60 Å². The van der Waals surface area contributed by atoms with Gasteiger partial charge in [-0.15, -0.1) is 0 Å². The molecule has 0 atom stereocenters. The van der Waals surface area contributed by atoms with E-state index in [1.165, 1.54) is 25.3 Å². The van der Waals surface area contributed by atoms with Crippen LogP contribution in [0.2, 0.25) is 0 Å². The van der Waals surface area contributed by atoms with Gasteiger partial charge in [-0.1, -0.05) is 6.07 Å². The minimum absolute atomic E-state index is 0.129. The zero-order valence-electron chi connectivity index (χ0n) is 14.0. The summed E-state index contributed by atoms with van der Waals surface area (Å²) < 4.78 is 18.6. The molecule has 136 valence electrons. The number of benzene rings is 2. The Hall–Kier alpha value is -2.45. The summed E-state index contributed by atoms with van der Waals surface area (Å²) in [5, 5.41) is 6.07. The van der Waals surface area contributed by atoms with Crippen LogP contribution < -0.4 is 20.7 Å². The van der Waals surface area contributed by atoms with Crippen LogP contribution >= 0.6 is 19.8 Å². The number of anilines is 2. The highest BCUT2D eigenvalue weighted by Crippen LogP contribution is 2.36. The van der Waals surface area contributed by atoms with Gasteiger partial charge in [-0.2, -0.15) is 0 Å². The van der Waals surface area contributed by atoms with E-state index in [9.17, 15) is 14.4 Å². The molecule has 0 aliphatic carbocycles. The lowest BCUT2D eigenvalue weighted by Crippen LogP contribution is -2.20. The minimum Gasteiger partial charge on any atom is -0.495 e. The van der Waals surface area contributed by atoms with Crippen LogP contribution in [0.15, 0.2) is 42.7 Å². The first-order chi connectivity index (χ1) is 12.3. The first-order valence-electron chi connectivity index (χ1n) is 7.52. The second-order valence-corrected chi connectivity index (χ2v) is 7.55. The van der Waals surface area contributed by atoms with Gasteiger partial charge >= 0.3 is 7.60 Å². The molecule has 0 saturated heterocycles. The van der Waals surface area contributed by atoms with Crippen LogP contribution in [0.25, 0.3) is 11.0 Å². The quantitative estimate of drug-likeness (QED) is 0.395. The van der Waals surface area contributed by atoms with Gasteiger partial charge in [0.25, 0.3) is 0 Å². The summed E-state index contributed by atoms with van der Waals surface area (Å²) in [6.07, 6.45) is 1.71. The van der Waals surface area contributed by atoms with Crippen LogP contribution in [-0.2, 0) is 11.6 Å². The molecule has 4 N–H and O–H groups in total. The molecule has 2 aromatic carbocycles. The standard InChI is InChI=1S/C16H17N4O4PS/c1-20-9-17-15-11(4-3-5-13(15)20)18-16(26)19-12-8-10(25(21,22)23)6-7-14(12)24-2/h3-9H,1-2H3,(H2,18,19,26)(H2,21,22,23). The summed E-state index contributed by atoms with van der Waals surface area (Å²) in [5.41, 5.74) is 2.76. The van der Waals surface area contributed by atoms with Gasteiger partial charge in [0.2, 0.25) is 0 Å². The number of imidazole rings is 1. The SMILES string of the molecule is COc1ccc(P(=O)(O)O)cc1NC(=S)Nc1cccc2c1ncn2C. The van der Waals surface area contributed by atoms with Crippen molar-refractivity contribution in [2.45, 2.75) is 0 Å². The molecule has 0 aliphatic heterocycles. The van der Waals surface area contributed by atoms with Gasteiger partial charge in [-0.05, 0) is 42.5 Å². The van der Waals surface area contributed by atoms with E-state index in [4.69, 9.17) is 17.0 Å². The molecule has 0 unspecified atom stereocenters. The molecule has 0 aliphatic rings.